The molecule has 2 atom stereocenters. The highest BCUT2D eigenvalue weighted by Gasteiger charge is 2.60. The van der Waals surface area contributed by atoms with Crippen LogP contribution in [0.4, 0.5) is 26.3 Å². The van der Waals surface area contributed by atoms with Gasteiger partial charge >= 0.3 is 11.0 Å². The second kappa shape index (κ2) is 9.29. The number of fused-ring (bicyclic) bond motifs is 3. The Morgan fingerprint density at radius 3 is 1.58 bits per heavy atom. The first-order valence-corrected chi connectivity index (χ1v) is 14.4. The fourth-order valence-electron chi connectivity index (χ4n) is 3.40. The third kappa shape index (κ3) is 6.43. The van der Waals surface area contributed by atoms with Crippen LogP contribution in [0, 0.1) is 0 Å². The van der Waals surface area contributed by atoms with Gasteiger partial charge in [-0.15, -0.1) is 0 Å². The quantitative estimate of drug-likeness (QED) is 0.218. The Morgan fingerprint density at radius 2 is 1.16 bits per heavy atom. The summed E-state index contributed by atoms with van der Waals surface area (Å²) in [5, 5.41) is 2.06. The van der Waals surface area contributed by atoms with Crippen LogP contribution in [0.5, 0.6) is 0 Å². The molecule has 1 aliphatic carbocycles. The van der Waals surface area contributed by atoms with E-state index in [4.69, 9.17) is 25.9 Å². The summed E-state index contributed by atoms with van der Waals surface area (Å²) in [4.78, 5) is 0. The van der Waals surface area contributed by atoms with Gasteiger partial charge in [0.1, 0.15) is 0 Å². The highest BCUT2D eigenvalue weighted by atomic mass is 32.2. The molecule has 0 unspecified atom stereocenters. The van der Waals surface area contributed by atoms with Gasteiger partial charge in [0.15, 0.2) is 53.7 Å². The van der Waals surface area contributed by atoms with Crippen molar-refractivity contribution in [3.63, 3.8) is 0 Å². The van der Waals surface area contributed by atoms with E-state index in [-0.39, 0.29) is 0 Å². The Morgan fingerprint density at radius 1 is 0.774 bits per heavy atom. The zero-order chi connectivity index (χ0) is 23.8. The van der Waals surface area contributed by atoms with Gasteiger partial charge in [-0.2, -0.15) is 26.3 Å². The lowest BCUT2D eigenvalue weighted by molar-refractivity contribution is -0.0522. The van der Waals surface area contributed by atoms with E-state index in [1.807, 2.05) is 0 Å². The predicted octanol–water partition coefficient (Wildman–Crippen LogP) is 2.02. The number of hydrogen-bond donors (Lipinski definition) is 0. The van der Waals surface area contributed by atoms with E-state index < -0.39 is 31.3 Å². The van der Waals surface area contributed by atoms with Crippen LogP contribution in [-0.4, -0.2) is 65.2 Å². The van der Waals surface area contributed by atoms with Crippen LogP contribution in [0.15, 0.2) is 24.3 Å². The van der Waals surface area contributed by atoms with Gasteiger partial charge in [-0.05, 0) is 5.56 Å². The Hall–Kier alpha value is -0.680. The van der Waals surface area contributed by atoms with E-state index in [1.54, 1.807) is 34.1 Å². The monoisotopic (exact) mass is 534 g/mol. The van der Waals surface area contributed by atoms with E-state index in [1.165, 1.54) is 6.42 Å². The van der Waals surface area contributed by atoms with Gasteiger partial charge < -0.3 is 9.11 Å². The van der Waals surface area contributed by atoms with Gasteiger partial charge in [-0.3, -0.25) is 0 Å². The molecule has 2 bridgehead atoms. The van der Waals surface area contributed by atoms with Gasteiger partial charge in [0, 0.05) is 33.8 Å². The first kappa shape index (κ1) is 26.6. The molecule has 6 nitrogen and oxygen atoms in total. The molecule has 16 heteroatoms. The maximum atomic E-state index is 10.7. The van der Waals surface area contributed by atoms with Crippen molar-refractivity contribution >= 4 is 42.0 Å². The number of halogens is 6. The molecule has 1 aromatic carbocycles. The fourth-order valence-corrected chi connectivity index (χ4v) is 11.3. The minimum Gasteiger partial charge on any atom is -0.741 e. The predicted molar refractivity (Wildman–Crippen MR) is 102 cm³/mol. The Labute approximate surface area is 180 Å². The molecule has 1 aromatic rings. The molecule has 3 fully saturated rings. The van der Waals surface area contributed by atoms with E-state index in [9.17, 15) is 26.3 Å². The second-order valence-corrected chi connectivity index (χ2v) is 14.2. The normalized spacial score (nSPS) is 27.2. The number of alkyl halides is 6. The first-order valence-electron chi connectivity index (χ1n) is 8.38. The van der Waals surface area contributed by atoms with E-state index in [0.717, 1.165) is 32.3 Å². The van der Waals surface area contributed by atoms with Gasteiger partial charge in [0.05, 0.1) is 0 Å². The summed E-state index contributed by atoms with van der Waals surface area (Å²) in [5.41, 5.74) is -7.87. The standard InChI is InChI=1S/C13H16S2.2CHF3O3S/c1-2-4-11-10(3-1)9-12-13(11)15-7-5-14(12)6-8-15;2*2-1(3,4)8(5,6)7/h1-4,12-13H,5-9H2;2*(H,5,6,7)/q+2;;/p-2/t12-,13+,14?,15?;;/m0../s1. The summed E-state index contributed by atoms with van der Waals surface area (Å²) < 4.78 is 118. The van der Waals surface area contributed by atoms with Crippen LogP contribution in [-0.2, 0) is 48.4 Å². The van der Waals surface area contributed by atoms with Crippen LogP contribution in [0.3, 0.4) is 0 Å². The van der Waals surface area contributed by atoms with Crippen molar-refractivity contribution in [2.75, 3.05) is 23.0 Å². The molecular formula is C15H16F6O6S4. The second-order valence-electron chi connectivity index (χ2n) is 6.55. The van der Waals surface area contributed by atoms with E-state index in [0.29, 0.717) is 0 Å². The molecule has 0 N–H and O–H groups in total. The molecule has 0 spiro atoms. The Balaban J connectivity index is 0.000000185. The molecule has 3 heterocycles. The molecule has 31 heavy (non-hydrogen) atoms. The van der Waals surface area contributed by atoms with Crippen molar-refractivity contribution in [1.29, 1.82) is 0 Å². The molecule has 178 valence electrons. The lowest BCUT2D eigenvalue weighted by atomic mass is 10.1. The van der Waals surface area contributed by atoms with Crippen LogP contribution < -0.4 is 0 Å². The highest BCUT2D eigenvalue weighted by Crippen LogP contribution is 2.48. The molecule has 3 saturated heterocycles. The van der Waals surface area contributed by atoms with Gasteiger partial charge in [0.25, 0.3) is 0 Å². The molecule has 3 aliphatic heterocycles. The maximum Gasteiger partial charge on any atom is 0.485 e. The van der Waals surface area contributed by atoms with Crippen molar-refractivity contribution in [2.45, 2.75) is 27.9 Å². The van der Waals surface area contributed by atoms with Gasteiger partial charge in [0.2, 0.25) is 0 Å². The zero-order valence-corrected chi connectivity index (χ0v) is 18.6. The van der Waals surface area contributed by atoms with Crippen LogP contribution in [0.25, 0.3) is 0 Å². The summed E-state index contributed by atoms with van der Waals surface area (Å²) in [6, 6.07) is 9.27. The third-order valence-electron chi connectivity index (χ3n) is 4.69. The van der Waals surface area contributed by atoms with Crippen LogP contribution >= 0.6 is 0 Å². The summed E-state index contributed by atoms with van der Waals surface area (Å²) >= 11 is 0. The fraction of sp³-hybridized carbons (Fsp3) is 0.600. The number of rotatable bonds is 0. The van der Waals surface area contributed by atoms with Crippen molar-refractivity contribution < 1.29 is 52.3 Å². The molecule has 4 aliphatic rings. The minimum absolute atomic E-state index is 0.755. The molecule has 0 amide bonds. The maximum absolute atomic E-state index is 10.7. The summed E-state index contributed by atoms with van der Waals surface area (Å²) in [7, 11) is -10.6. The Kier molecular flexibility index (Phi) is 7.96. The number of hydrogen-bond acceptors (Lipinski definition) is 6. The SMILES string of the molecule is O=S(=O)([O-])C(F)(F)F.O=S(=O)([O-])C(F)(F)F.c1ccc2c(c1)C[C@H]1[C@@H]2[S+]2CC[S+]1CC2. The van der Waals surface area contributed by atoms with Crippen molar-refractivity contribution in [3.8, 4) is 0 Å². The topological polar surface area (TPSA) is 114 Å². The lowest BCUT2D eigenvalue weighted by Gasteiger charge is -2.32. The van der Waals surface area contributed by atoms with Crippen molar-refractivity contribution in [2.24, 2.45) is 0 Å². The van der Waals surface area contributed by atoms with Crippen molar-refractivity contribution in [3.05, 3.63) is 35.4 Å². The first-order chi connectivity index (χ1) is 13.9. The summed E-state index contributed by atoms with van der Waals surface area (Å²) in [5.74, 6) is 6.24. The van der Waals surface area contributed by atoms with Crippen molar-refractivity contribution in [1.82, 2.24) is 0 Å². The van der Waals surface area contributed by atoms with Gasteiger partial charge in [-0.1, -0.05) is 24.3 Å². The summed E-state index contributed by atoms with van der Waals surface area (Å²) in [6.07, 6.45) is 1.41. The van der Waals surface area contributed by atoms with E-state index >= 15 is 0 Å². The third-order valence-corrected chi connectivity index (χ3v) is 12.0. The molecule has 0 aromatic heterocycles. The smallest absolute Gasteiger partial charge is 0.485 e. The molecular weight excluding hydrogens is 518 g/mol. The molecule has 5 rings (SSSR count). The minimum atomic E-state index is -6.09. The largest absolute Gasteiger partial charge is 0.741 e. The van der Waals surface area contributed by atoms with Crippen LogP contribution in [0.1, 0.15) is 16.4 Å². The molecule has 0 saturated carbocycles. The van der Waals surface area contributed by atoms with Gasteiger partial charge in [-0.25, -0.2) is 16.8 Å². The highest BCUT2D eigenvalue weighted by molar-refractivity contribution is 8.07. The zero-order valence-electron chi connectivity index (χ0n) is 15.3. The average molecular weight is 535 g/mol. The summed E-state index contributed by atoms with van der Waals surface area (Å²) in [6.45, 7) is 0. The number of benzene rings is 1. The lowest BCUT2D eigenvalue weighted by Crippen LogP contribution is -2.50. The van der Waals surface area contributed by atoms with E-state index in [2.05, 4.69) is 24.3 Å². The Bertz CT molecular complexity index is 942. The van der Waals surface area contributed by atoms with Crippen LogP contribution in [0.2, 0.25) is 0 Å². The molecule has 0 radical (unpaired) electrons. The average Bonchev–Trinajstić information content (AvgIpc) is 3.02.